The number of furan rings is 4. The average Bonchev–Trinajstić information content (AvgIpc) is 1.53. The van der Waals surface area contributed by atoms with Crippen molar-refractivity contribution in [2.45, 2.75) is 19.3 Å². The summed E-state index contributed by atoms with van der Waals surface area (Å²) in [7, 11) is 0. The largest absolute Gasteiger partial charge is 0.455 e. The van der Waals surface area contributed by atoms with Crippen molar-refractivity contribution in [3.05, 3.63) is 430 Å². The fraction of sp³-hybridized carbons (Fsp3) is 0.0244. The van der Waals surface area contributed by atoms with E-state index in [0.29, 0.717) is 34.2 Å². The van der Waals surface area contributed by atoms with Crippen molar-refractivity contribution < 1.29 is 17.7 Å². The van der Waals surface area contributed by atoms with Gasteiger partial charge in [0.05, 0.1) is 38.5 Å². The Balaban J connectivity index is 0.000000102. The summed E-state index contributed by atoms with van der Waals surface area (Å²) in [5.74, 6) is 2.03. The van der Waals surface area contributed by atoms with Crippen LogP contribution in [0.4, 0.5) is 0 Å². The van der Waals surface area contributed by atoms with E-state index < -0.39 is 0 Å². The lowest BCUT2D eigenvalue weighted by Gasteiger charge is -2.22. The van der Waals surface area contributed by atoms with Gasteiger partial charge in [-0.3, -0.25) is 0 Å². The molecule has 11 heterocycles. The minimum atomic E-state index is -0.105. The number of rotatable bonds is 9. The van der Waals surface area contributed by atoms with E-state index in [9.17, 15) is 0 Å². The standard InChI is InChI=1S/C43H29N3O.C40H23N3O2.C40H23N3OS/c1-43(2)33-17-9-6-14-29(33)30-24-25-35-37(38(30)43)31-15-7-10-18-34(31)46(35)28-22-20-26(21-23-28)39-41-40(32-16-8-11-19-36(32)47-41)45-42(44-39)27-12-4-3-5-13-27;1-2-11-24(12-3-1)40-41-36(39-37(42-40)30-17-6-9-20-34(30)45-39)25-13-10-14-26(23-25)43-31-18-7-4-16-29(31)35-32(43)22-21-28-27-15-5-8-19-33(27)44-38(28)35;1-2-11-24(12-3-1)40-41-36(38-37(42-40)30-17-5-8-19-33(30)44-38)25-13-10-14-26(23-25)43-31-18-7-4-16-29(31)35-32(43)22-21-28-27-15-6-9-20-34(27)45-39(28)35/h3-25H,1-2H3;2*1-23H. The monoisotopic (exact) mass is 1770 g/mol. The van der Waals surface area contributed by atoms with Crippen LogP contribution in [0.5, 0.6) is 0 Å². The van der Waals surface area contributed by atoms with E-state index in [1.165, 1.54) is 86.0 Å². The van der Waals surface area contributed by atoms with Gasteiger partial charge in [-0.1, -0.05) is 305 Å². The second-order valence-corrected chi connectivity index (χ2v) is 36.8. The highest BCUT2D eigenvalue weighted by molar-refractivity contribution is 7.26. The molecule has 13 nitrogen and oxygen atoms in total. The Kier molecular flexibility index (Phi) is 17.3. The van der Waals surface area contributed by atoms with Crippen molar-refractivity contribution in [1.29, 1.82) is 0 Å². The van der Waals surface area contributed by atoms with E-state index in [4.69, 9.17) is 47.6 Å². The van der Waals surface area contributed by atoms with Crippen LogP contribution in [0, 0.1) is 0 Å². The van der Waals surface area contributed by atoms with Gasteiger partial charge < -0.3 is 31.4 Å². The number of nitrogens with zero attached hydrogens (tertiary/aromatic N) is 9. The Morgan fingerprint density at radius 1 is 0.234 bits per heavy atom. The molecule has 0 saturated carbocycles. The molecule has 1 aliphatic rings. The maximum Gasteiger partial charge on any atom is 0.180 e. The molecule has 0 bridgehead atoms. The Labute approximate surface area is 786 Å². The van der Waals surface area contributed by atoms with E-state index >= 15 is 0 Å². The van der Waals surface area contributed by atoms with Gasteiger partial charge in [0.25, 0.3) is 0 Å². The van der Waals surface area contributed by atoms with Crippen LogP contribution in [0.3, 0.4) is 0 Å². The summed E-state index contributed by atoms with van der Waals surface area (Å²) < 4.78 is 35.5. The molecule has 0 atom stereocenters. The maximum atomic E-state index is 6.51. The van der Waals surface area contributed by atoms with Crippen LogP contribution in [0.15, 0.2) is 436 Å². The molecular formula is C123H75N9O4S. The van der Waals surface area contributed by atoms with E-state index in [0.717, 1.165) is 161 Å². The summed E-state index contributed by atoms with van der Waals surface area (Å²) in [5.41, 5.74) is 32.4. The molecule has 14 heteroatoms. The fourth-order valence-electron chi connectivity index (χ4n) is 21.5. The Hall–Kier alpha value is -18.0. The Morgan fingerprint density at radius 2 is 0.606 bits per heavy atom. The number of para-hydroxylation sites is 7. The first-order valence-corrected chi connectivity index (χ1v) is 46.9. The van der Waals surface area contributed by atoms with Crippen molar-refractivity contribution in [2.75, 3.05) is 0 Å². The van der Waals surface area contributed by atoms with Gasteiger partial charge in [0.1, 0.15) is 61.5 Å². The molecule has 0 N–H and O–H groups in total. The summed E-state index contributed by atoms with van der Waals surface area (Å²) in [6.45, 7) is 4.73. The van der Waals surface area contributed by atoms with Crippen molar-refractivity contribution in [3.63, 3.8) is 0 Å². The van der Waals surface area contributed by atoms with Crippen LogP contribution in [0.2, 0.25) is 0 Å². The topological polar surface area (TPSA) is 145 Å². The first kappa shape index (κ1) is 77.8. The van der Waals surface area contributed by atoms with Crippen LogP contribution in [-0.4, -0.2) is 43.6 Å². The molecule has 0 unspecified atom stereocenters. The third-order valence-corrected chi connectivity index (χ3v) is 28.8. The molecule has 0 spiro atoms. The second kappa shape index (κ2) is 30.5. The zero-order valence-electron chi connectivity index (χ0n) is 73.9. The highest BCUT2D eigenvalue weighted by atomic mass is 32.1. The summed E-state index contributed by atoms with van der Waals surface area (Å²) in [6, 6.07) is 146. The SMILES string of the molecule is CC1(C)c2ccccc2-c2ccc3c(c21)c1ccccc1n3-c1ccc(-c2nc(-c3ccccc3)nc3c2oc2ccccc23)cc1.c1ccc(-c2nc(-c3cccc(-n4c5ccccc5c5c6oc7ccccc7c6ccc54)c3)c3oc4ccccc4c3n2)cc1.c1ccc(-c2nc(-c3cccc(-n4c5ccccc5c5c6sc7ccccc7c6ccc54)c3)c3oc4ccccc4c3n2)cc1. The molecule has 29 aromatic rings. The van der Waals surface area contributed by atoms with Crippen LogP contribution in [0.1, 0.15) is 25.0 Å². The van der Waals surface area contributed by atoms with Crippen LogP contribution in [0.25, 0.3) is 270 Å². The average molecular weight is 1780 g/mol. The van der Waals surface area contributed by atoms with Gasteiger partial charge in [-0.25, -0.2) is 29.9 Å². The number of thiophene rings is 1. The molecule has 0 radical (unpaired) electrons. The first-order valence-electron chi connectivity index (χ1n) is 46.1. The first-order chi connectivity index (χ1) is 67.7. The molecule has 11 aromatic heterocycles. The second-order valence-electron chi connectivity index (χ2n) is 35.7. The van der Waals surface area contributed by atoms with Crippen molar-refractivity contribution in [2.24, 2.45) is 0 Å². The van der Waals surface area contributed by atoms with Crippen LogP contribution >= 0.6 is 11.3 Å². The maximum absolute atomic E-state index is 6.51. The zero-order valence-corrected chi connectivity index (χ0v) is 74.7. The quantitative estimate of drug-likeness (QED) is 0.137. The number of hydrogen-bond acceptors (Lipinski definition) is 11. The normalized spacial score (nSPS) is 12.5. The molecule has 642 valence electrons. The molecule has 30 rings (SSSR count). The minimum Gasteiger partial charge on any atom is -0.455 e. The predicted octanol–water partition coefficient (Wildman–Crippen LogP) is 33.0. The summed E-state index contributed by atoms with van der Waals surface area (Å²) >= 11 is 1.87. The van der Waals surface area contributed by atoms with E-state index in [1.807, 2.05) is 145 Å². The highest BCUT2D eigenvalue weighted by Gasteiger charge is 2.39. The number of benzene rings is 18. The van der Waals surface area contributed by atoms with Crippen molar-refractivity contribution in [3.8, 4) is 96.1 Å². The van der Waals surface area contributed by atoms with Crippen LogP contribution < -0.4 is 0 Å². The van der Waals surface area contributed by atoms with Gasteiger partial charge in [0, 0.05) is 130 Å². The molecule has 137 heavy (non-hydrogen) atoms. The van der Waals surface area contributed by atoms with Gasteiger partial charge >= 0.3 is 0 Å². The highest BCUT2D eigenvalue weighted by Crippen LogP contribution is 2.55. The lowest BCUT2D eigenvalue weighted by atomic mass is 9.80. The fourth-order valence-corrected chi connectivity index (χ4v) is 22.8. The third-order valence-electron chi connectivity index (χ3n) is 27.6. The predicted molar refractivity (Wildman–Crippen MR) is 561 cm³/mol. The molecular weight excluding hydrogens is 1700 g/mol. The molecule has 18 aromatic carbocycles. The third kappa shape index (κ3) is 12.1. The molecule has 0 aliphatic heterocycles. The van der Waals surface area contributed by atoms with Gasteiger partial charge in [-0.2, -0.15) is 0 Å². The van der Waals surface area contributed by atoms with Gasteiger partial charge in [0.15, 0.2) is 34.2 Å². The van der Waals surface area contributed by atoms with Gasteiger partial charge in [0.2, 0.25) is 0 Å². The molecule has 0 saturated heterocycles. The zero-order chi connectivity index (χ0) is 90.2. The van der Waals surface area contributed by atoms with E-state index in [1.54, 1.807) is 0 Å². The van der Waals surface area contributed by atoms with E-state index in [-0.39, 0.29) is 5.41 Å². The molecule has 0 fully saturated rings. The molecule has 0 amide bonds. The number of aromatic nitrogens is 9. The number of fused-ring (bicyclic) bond motifs is 30. The van der Waals surface area contributed by atoms with E-state index in [2.05, 4.69) is 313 Å². The Morgan fingerprint density at radius 3 is 1.12 bits per heavy atom. The van der Waals surface area contributed by atoms with Gasteiger partial charge in [-0.15, -0.1) is 11.3 Å². The Bertz CT molecular complexity index is 9670. The van der Waals surface area contributed by atoms with Crippen LogP contribution in [-0.2, 0) is 5.41 Å². The smallest absolute Gasteiger partial charge is 0.180 e. The number of hydrogen-bond donors (Lipinski definition) is 0. The lowest BCUT2D eigenvalue weighted by molar-refractivity contribution is 0.666. The summed E-state index contributed by atoms with van der Waals surface area (Å²) in [6.07, 6.45) is 0. The summed E-state index contributed by atoms with van der Waals surface area (Å²) in [4.78, 5) is 30.4. The van der Waals surface area contributed by atoms with Crippen molar-refractivity contribution >= 4 is 185 Å². The van der Waals surface area contributed by atoms with Gasteiger partial charge in [-0.05, 0) is 150 Å². The summed E-state index contributed by atoms with van der Waals surface area (Å²) in [5, 5.41) is 15.2. The van der Waals surface area contributed by atoms with Crippen molar-refractivity contribution in [1.82, 2.24) is 43.6 Å². The lowest BCUT2D eigenvalue weighted by Crippen LogP contribution is -2.15. The minimum absolute atomic E-state index is 0.105. The molecule has 1 aliphatic carbocycles.